The summed E-state index contributed by atoms with van der Waals surface area (Å²) in [5, 5.41) is 7.70. The van der Waals surface area contributed by atoms with Crippen LogP contribution in [0.5, 0.6) is 0 Å². The van der Waals surface area contributed by atoms with E-state index in [2.05, 4.69) is 170 Å². The number of hydrogen-bond donors (Lipinski definition) is 0. The second kappa shape index (κ2) is 11.9. The van der Waals surface area contributed by atoms with E-state index in [-0.39, 0.29) is 0 Å². The molecule has 236 valence electrons. The first-order valence-electron chi connectivity index (χ1n) is 18.0. The molecule has 0 amide bonds. The van der Waals surface area contributed by atoms with Gasteiger partial charge in [0.15, 0.2) is 0 Å². The first-order valence-corrected chi connectivity index (χ1v) is 18.0. The molecule has 2 aliphatic carbocycles. The number of fused-ring (bicyclic) bond motifs is 7. The van der Waals surface area contributed by atoms with Gasteiger partial charge < -0.3 is 0 Å². The minimum atomic E-state index is 1.13. The molecule has 2 aliphatic rings. The van der Waals surface area contributed by atoms with E-state index < -0.39 is 0 Å². The fourth-order valence-corrected chi connectivity index (χ4v) is 8.65. The fourth-order valence-electron chi connectivity index (χ4n) is 8.65. The van der Waals surface area contributed by atoms with Gasteiger partial charge >= 0.3 is 0 Å². The van der Waals surface area contributed by atoms with Crippen molar-refractivity contribution in [2.45, 2.75) is 25.7 Å². The van der Waals surface area contributed by atoms with Crippen LogP contribution in [0.1, 0.15) is 35.1 Å². The molecule has 0 aliphatic heterocycles. The van der Waals surface area contributed by atoms with E-state index in [9.17, 15) is 0 Å². The van der Waals surface area contributed by atoms with E-state index in [1.165, 1.54) is 88.0 Å². The van der Waals surface area contributed by atoms with E-state index in [1.54, 1.807) is 11.1 Å². The van der Waals surface area contributed by atoms with Crippen LogP contribution in [0.2, 0.25) is 0 Å². The minimum Gasteiger partial charge on any atom is -0.0836 e. The van der Waals surface area contributed by atoms with Crippen LogP contribution in [0.15, 0.2) is 158 Å². The van der Waals surface area contributed by atoms with Gasteiger partial charge in [-0.1, -0.05) is 146 Å². The molecule has 8 aromatic rings. The summed E-state index contributed by atoms with van der Waals surface area (Å²) in [6.07, 6.45) is 14.0. The van der Waals surface area contributed by atoms with Gasteiger partial charge in [-0.2, -0.15) is 0 Å². The van der Waals surface area contributed by atoms with Gasteiger partial charge in [0.1, 0.15) is 0 Å². The van der Waals surface area contributed by atoms with Crippen molar-refractivity contribution in [2.75, 3.05) is 0 Å². The molecule has 0 aromatic heterocycles. The lowest BCUT2D eigenvalue weighted by atomic mass is 9.81. The highest BCUT2D eigenvalue weighted by atomic mass is 14.2. The Kier molecular flexibility index (Phi) is 6.88. The molecule has 0 heteroatoms. The van der Waals surface area contributed by atoms with Gasteiger partial charge in [-0.25, -0.2) is 0 Å². The van der Waals surface area contributed by atoms with Crippen molar-refractivity contribution in [2.24, 2.45) is 0 Å². The fraction of sp³-hybridized carbons (Fsp3) is 0.0800. The van der Waals surface area contributed by atoms with Gasteiger partial charge in [-0.05, 0) is 149 Å². The molecule has 10 rings (SSSR count). The summed E-state index contributed by atoms with van der Waals surface area (Å²) >= 11 is 0. The van der Waals surface area contributed by atoms with Crippen LogP contribution < -0.4 is 0 Å². The molecule has 0 N–H and O–H groups in total. The lowest BCUT2D eigenvalue weighted by Crippen LogP contribution is -2.07. The summed E-state index contributed by atoms with van der Waals surface area (Å²) in [5.74, 6) is 0. The third-order valence-electron chi connectivity index (χ3n) is 11.0. The number of rotatable bonds is 4. The summed E-state index contributed by atoms with van der Waals surface area (Å²) in [6, 6.07) is 54.2. The first kappa shape index (κ1) is 29.0. The molecule has 0 saturated carbocycles. The van der Waals surface area contributed by atoms with Crippen molar-refractivity contribution in [1.82, 2.24) is 0 Å². The molecule has 0 fully saturated rings. The van der Waals surface area contributed by atoms with Gasteiger partial charge in [-0.15, -0.1) is 0 Å². The molecule has 0 saturated heterocycles. The average Bonchev–Trinajstić information content (AvgIpc) is 3.20. The zero-order valence-corrected chi connectivity index (χ0v) is 28.0. The SMILES string of the molecule is C1=Cc2cc(-c3cccc(-c4ccc(-c5cccc(-c6cc7ccccc7c7ccccc67)c5)c5ccccc45)c3)c3c(c2CC1)CCC=C3. The van der Waals surface area contributed by atoms with Gasteiger partial charge in [0.2, 0.25) is 0 Å². The molecule has 50 heavy (non-hydrogen) atoms. The highest BCUT2D eigenvalue weighted by Gasteiger charge is 2.20. The quantitative estimate of drug-likeness (QED) is 0.169. The molecule has 8 aromatic carbocycles. The van der Waals surface area contributed by atoms with Gasteiger partial charge in [0.05, 0.1) is 0 Å². The summed E-state index contributed by atoms with van der Waals surface area (Å²) in [4.78, 5) is 0. The van der Waals surface area contributed by atoms with E-state index in [0.717, 1.165) is 25.7 Å². The van der Waals surface area contributed by atoms with Crippen molar-refractivity contribution in [3.05, 3.63) is 180 Å². The molecule has 0 radical (unpaired) electrons. The zero-order valence-electron chi connectivity index (χ0n) is 28.0. The molecule has 0 nitrogen and oxygen atoms in total. The molecule has 0 unspecified atom stereocenters. The first-order chi connectivity index (χ1) is 24.8. The standard InChI is InChI=1S/C50H36/c1-3-19-39-37(13-1)31-49(47-25-9-7-21-43(39)47)35-17-11-15-33(29-35)41-27-28-42(46-24-6-5-23-45(41)46)34-16-12-18-36(30-34)50-32-38-14-2-4-20-40(38)44-22-8-10-26-48(44)50/h1-3,5-7,9-19,21,23-32H,4,8,20,22H2. The van der Waals surface area contributed by atoms with Crippen LogP contribution in [-0.2, 0) is 12.8 Å². The van der Waals surface area contributed by atoms with Crippen LogP contribution in [0.3, 0.4) is 0 Å². The molecular formula is C50H36. The largest absolute Gasteiger partial charge is 0.0836 e. The Balaban J connectivity index is 1.09. The van der Waals surface area contributed by atoms with Crippen LogP contribution >= 0.6 is 0 Å². The zero-order chi connectivity index (χ0) is 33.0. The van der Waals surface area contributed by atoms with E-state index >= 15 is 0 Å². The Morgan fingerprint density at radius 2 is 0.860 bits per heavy atom. The van der Waals surface area contributed by atoms with Gasteiger partial charge in [-0.3, -0.25) is 0 Å². The van der Waals surface area contributed by atoms with Crippen molar-refractivity contribution in [3.63, 3.8) is 0 Å². The van der Waals surface area contributed by atoms with Gasteiger partial charge in [0.25, 0.3) is 0 Å². The monoisotopic (exact) mass is 636 g/mol. The normalized spacial score (nSPS) is 13.5. The lowest BCUT2D eigenvalue weighted by molar-refractivity contribution is 0.906. The number of benzene rings is 8. The third kappa shape index (κ3) is 4.75. The van der Waals surface area contributed by atoms with Crippen molar-refractivity contribution >= 4 is 44.5 Å². The van der Waals surface area contributed by atoms with E-state index in [0.29, 0.717) is 0 Å². The Labute approximate surface area is 293 Å². The van der Waals surface area contributed by atoms with Crippen LogP contribution in [0.25, 0.3) is 89.0 Å². The molecule has 0 spiro atoms. The predicted molar refractivity (Wildman–Crippen MR) is 215 cm³/mol. The van der Waals surface area contributed by atoms with E-state index in [4.69, 9.17) is 0 Å². The summed E-state index contributed by atoms with van der Waals surface area (Å²) < 4.78 is 0. The maximum atomic E-state index is 2.44. The van der Waals surface area contributed by atoms with Crippen LogP contribution in [0.4, 0.5) is 0 Å². The Morgan fingerprint density at radius 1 is 0.340 bits per heavy atom. The van der Waals surface area contributed by atoms with Gasteiger partial charge in [0, 0.05) is 0 Å². The highest BCUT2D eigenvalue weighted by Crippen LogP contribution is 2.42. The molecule has 0 bridgehead atoms. The average molecular weight is 637 g/mol. The van der Waals surface area contributed by atoms with Crippen LogP contribution in [-0.4, -0.2) is 0 Å². The second-order valence-electron chi connectivity index (χ2n) is 13.8. The van der Waals surface area contributed by atoms with Crippen molar-refractivity contribution in [3.8, 4) is 44.5 Å². The molecular weight excluding hydrogens is 601 g/mol. The maximum absolute atomic E-state index is 2.44. The van der Waals surface area contributed by atoms with Crippen molar-refractivity contribution < 1.29 is 0 Å². The Bertz CT molecular complexity index is 2700. The molecule has 0 atom stereocenters. The topological polar surface area (TPSA) is 0 Å². The van der Waals surface area contributed by atoms with E-state index in [1.807, 2.05) is 0 Å². The minimum absolute atomic E-state index is 1.13. The summed E-state index contributed by atoms with van der Waals surface area (Å²) in [7, 11) is 0. The highest BCUT2D eigenvalue weighted by molar-refractivity contribution is 6.14. The smallest absolute Gasteiger partial charge is 0.00988 e. The Morgan fingerprint density at radius 3 is 1.54 bits per heavy atom. The predicted octanol–water partition coefficient (Wildman–Crippen LogP) is 13.7. The number of allylic oxidation sites excluding steroid dienone is 2. The Hall–Kier alpha value is -5.98. The summed E-state index contributed by atoms with van der Waals surface area (Å²) in [5.41, 5.74) is 16.1. The van der Waals surface area contributed by atoms with Crippen LogP contribution in [0, 0.1) is 0 Å². The maximum Gasteiger partial charge on any atom is -0.00988 e. The third-order valence-corrected chi connectivity index (χ3v) is 11.0. The van der Waals surface area contributed by atoms with Crippen molar-refractivity contribution in [1.29, 1.82) is 0 Å². The summed E-state index contributed by atoms with van der Waals surface area (Å²) in [6.45, 7) is 0. The second-order valence-corrected chi connectivity index (χ2v) is 13.8. The molecule has 0 heterocycles. The number of hydrogen-bond acceptors (Lipinski definition) is 0. The lowest BCUT2D eigenvalue weighted by Gasteiger charge is -2.24.